The minimum atomic E-state index is -0.145. The molecule has 4 heterocycles. The molecule has 29 heavy (non-hydrogen) atoms. The molecule has 1 fully saturated rings. The van der Waals surface area contributed by atoms with E-state index in [4.69, 9.17) is 0 Å². The van der Waals surface area contributed by atoms with Crippen molar-refractivity contribution in [1.82, 2.24) is 39.5 Å². The Labute approximate surface area is 166 Å². The lowest BCUT2D eigenvalue weighted by Crippen LogP contribution is -2.22. The van der Waals surface area contributed by atoms with Crippen molar-refractivity contribution in [3.05, 3.63) is 36.8 Å². The second-order valence-electron chi connectivity index (χ2n) is 7.35. The van der Waals surface area contributed by atoms with Gasteiger partial charge in [0.05, 0.1) is 24.3 Å². The Morgan fingerprint density at radius 2 is 2.14 bits per heavy atom. The molecule has 148 valence electrons. The number of aromatic nitrogens is 8. The van der Waals surface area contributed by atoms with Crippen LogP contribution in [0, 0.1) is 6.92 Å². The smallest absolute Gasteiger partial charge is 0.247 e. The van der Waals surface area contributed by atoms with Crippen molar-refractivity contribution in [3.63, 3.8) is 0 Å². The zero-order valence-corrected chi connectivity index (χ0v) is 16.0. The molecular formula is C19H21N9O. The number of carbonyl (C=O) groups excluding carboxylic acids is 1. The molecule has 0 aliphatic heterocycles. The highest BCUT2D eigenvalue weighted by atomic mass is 16.2. The molecule has 4 aromatic heterocycles. The number of H-pyrrole nitrogens is 1. The molecule has 0 saturated heterocycles. The molecular weight excluding hydrogens is 370 g/mol. The van der Waals surface area contributed by atoms with E-state index in [0.717, 1.165) is 35.4 Å². The van der Waals surface area contributed by atoms with Gasteiger partial charge in [0.2, 0.25) is 5.91 Å². The van der Waals surface area contributed by atoms with Crippen molar-refractivity contribution in [3.8, 4) is 11.3 Å². The molecule has 0 radical (unpaired) electrons. The van der Waals surface area contributed by atoms with Crippen LogP contribution in [0.5, 0.6) is 0 Å². The molecule has 0 unspecified atom stereocenters. The number of aryl methyl sites for hydroxylation is 1. The Bertz CT molecular complexity index is 1170. The molecule has 1 saturated carbocycles. The summed E-state index contributed by atoms with van der Waals surface area (Å²) in [5.74, 6) is 0.606. The molecule has 1 aliphatic rings. The van der Waals surface area contributed by atoms with Gasteiger partial charge in [0.1, 0.15) is 29.9 Å². The van der Waals surface area contributed by atoms with E-state index in [9.17, 15) is 4.79 Å². The number of rotatable bonds is 5. The third-order valence-corrected chi connectivity index (χ3v) is 5.23. The summed E-state index contributed by atoms with van der Waals surface area (Å²) in [6, 6.07) is 2.28. The van der Waals surface area contributed by atoms with Gasteiger partial charge in [-0.25, -0.2) is 19.6 Å². The highest BCUT2D eigenvalue weighted by molar-refractivity contribution is 5.90. The standard InChI is InChI=1S/C19H21N9O/c1-12-6-15(28(26-12)14-4-2-3-5-14)25-16(29)9-27-8-13(7-24-27)17-18-19(22-10-20-17)23-11-21-18/h6-8,10-11,14H,2-5,9H2,1H3,(H,25,29)(H,20,21,22,23). The maximum atomic E-state index is 12.6. The Morgan fingerprint density at radius 1 is 1.28 bits per heavy atom. The van der Waals surface area contributed by atoms with Crippen LogP contribution in [0.3, 0.4) is 0 Å². The Morgan fingerprint density at radius 3 is 3.00 bits per heavy atom. The summed E-state index contributed by atoms with van der Waals surface area (Å²) >= 11 is 0. The first-order valence-electron chi connectivity index (χ1n) is 9.70. The summed E-state index contributed by atoms with van der Waals surface area (Å²) in [5.41, 5.74) is 3.74. The zero-order chi connectivity index (χ0) is 19.8. The van der Waals surface area contributed by atoms with Gasteiger partial charge >= 0.3 is 0 Å². The van der Waals surface area contributed by atoms with Gasteiger partial charge in [-0.2, -0.15) is 10.2 Å². The number of aromatic amines is 1. The number of imidazole rings is 1. The van der Waals surface area contributed by atoms with E-state index in [1.165, 1.54) is 19.2 Å². The largest absolute Gasteiger partial charge is 0.341 e. The van der Waals surface area contributed by atoms with Crippen LogP contribution in [0.25, 0.3) is 22.4 Å². The molecule has 0 aromatic carbocycles. The average Bonchev–Trinajstić information content (AvgIpc) is 3.48. The quantitative estimate of drug-likeness (QED) is 0.539. The molecule has 0 atom stereocenters. The number of amides is 1. The van der Waals surface area contributed by atoms with Gasteiger partial charge in [0, 0.05) is 17.8 Å². The SMILES string of the molecule is Cc1cc(NC(=O)Cn2cc(-c3ncnc4nc[nH]c34)cn2)n(C2CCCC2)n1. The van der Waals surface area contributed by atoms with E-state index in [1.54, 1.807) is 23.4 Å². The first kappa shape index (κ1) is 17.5. The monoisotopic (exact) mass is 391 g/mol. The van der Waals surface area contributed by atoms with E-state index in [2.05, 4.69) is 35.5 Å². The van der Waals surface area contributed by atoms with Crippen LogP contribution in [0.15, 0.2) is 31.1 Å². The lowest BCUT2D eigenvalue weighted by Gasteiger charge is -2.14. The van der Waals surface area contributed by atoms with E-state index < -0.39 is 0 Å². The van der Waals surface area contributed by atoms with Crippen LogP contribution in [0.1, 0.15) is 37.4 Å². The lowest BCUT2D eigenvalue weighted by molar-refractivity contribution is -0.117. The molecule has 1 aliphatic carbocycles. The summed E-state index contributed by atoms with van der Waals surface area (Å²) in [7, 11) is 0. The third kappa shape index (κ3) is 3.37. The van der Waals surface area contributed by atoms with Crippen LogP contribution in [-0.2, 0) is 11.3 Å². The van der Waals surface area contributed by atoms with E-state index >= 15 is 0 Å². The zero-order valence-electron chi connectivity index (χ0n) is 16.0. The van der Waals surface area contributed by atoms with Gasteiger partial charge in [-0.3, -0.25) is 9.48 Å². The maximum absolute atomic E-state index is 12.6. The predicted octanol–water partition coefficient (Wildman–Crippen LogP) is 2.48. The first-order valence-corrected chi connectivity index (χ1v) is 9.70. The average molecular weight is 391 g/mol. The number of hydrogen-bond acceptors (Lipinski definition) is 6. The Balaban J connectivity index is 1.32. The number of anilines is 1. The molecule has 0 bridgehead atoms. The van der Waals surface area contributed by atoms with Gasteiger partial charge < -0.3 is 10.3 Å². The van der Waals surface area contributed by atoms with Crippen molar-refractivity contribution in [2.75, 3.05) is 5.32 Å². The molecule has 10 nitrogen and oxygen atoms in total. The molecule has 0 spiro atoms. The van der Waals surface area contributed by atoms with Crippen LogP contribution in [0.2, 0.25) is 0 Å². The van der Waals surface area contributed by atoms with E-state index in [0.29, 0.717) is 17.4 Å². The summed E-state index contributed by atoms with van der Waals surface area (Å²) in [4.78, 5) is 28.2. The fourth-order valence-electron chi connectivity index (χ4n) is 3.92. The fourth-order valence-corrected chi connectivity index (χ4v) is 3.92. The number of fused-ring (bicyclic) bond motifs is 1. The predicted molar refractivity (Wildman–Crippen MR) is 106 cm³/mol. The number of nitrogens with zero attached hydrogens (tertiary/aromatic N) is 7. The van der Waals surface area contributed by atoms with Crippen LogP contribution in [0.4, 0.5) is 5.82 Å². The topological polar surface area (TPSA) is 119 Å². The number of carbonyl (C=O) groups is 1. The minimum Gasteiger partial charge on any atom is -0.341 e. The van der Waals surface area contributed by atoms with Crippen molar-refractivity contribution >= 4 is 22.9 Å². The van der Waals surface area contributed by atoms with Gasteiger partial charge in [-0.15, -0.1) is 0 Å². The Kier molecular flexibility index (Phi) is 4.30. The number of hydrogen-bond donors (Lipinski definition) is 2. The molecule has 10 heteroatoms. The molecule has 4 aromatic rings. The van der Waals surface area contributed by atoms with Crippen molar-refractivity contribution < 1.29 is 4.79 Å². The highest BCUT2D eigenvalue weighted by Gasteiger charge is 2.21. The lowest BCUT2D eigenvalue weighted by atomic mass is 10.2. The van der Waals surface area contributed by atoms with Gasteiger partial charge in [-0.1, -0.05) is 12.8 Å². The van der Waals surface area contributed by atoms with Gasteiger partial charge in [0.15, 0.2) is 5.65 Å². The third-order valence-electron chi connectivity index (χ3n) is 5.23. The van der Waals surface area contributed by atoms with Crippen LogP contribution < -0.4 is 5.32 Å². The second kappa shape index (κ2) is 7.12. The van der Waals surface area contributed by atoms with Crippen molar-refractivity contribution in [2.24, 2.45) is 0 Å². The van der Waals surface area contributed by atoms with Crippen LogP contribution in [-0.4, -0.2) is 45.4 Å². The van der Waals surface area contributed by atoms with Crippen molar-refractivity contribution in [1.29, 1.82) is 0 Å². The molecule has 2 N–H and O–H groups in total. The minimum absolute atomic E-state index is 0.103. The maximum Gasteiger partial charge on any atom is 0.247 e. The normalized spacial score (nSPS) is 14.7. The second-order valence-corrected chi connectivity index (χ2v) is 7.35. The first-order chi connectivity index (χ1) is 14.2. The highest BCUT2D eigenvalue weighted by Crippen LogP contribution is 2.31. The fraction of sp³-hybridized carbons (Fsp3) is 0.368. The molecule has 5 rings (SSSR count). The summed E-state index contributed by atoms with van der Waals surface area (Å²) in [6.07, 6.45) is 11.1. The summed E-state index contributed by atoms with van der Waals surface area (Å²) in [5, 5.41) is 11.9. The Hall–Kier alpha value is -3.56. The van der Waals surface area contributed by atoms with E-state index in [1.807, 2.05) is 17.7 Å². The summed E-state index contributed by atoms with van der Waals surface area (Å²) in [6.45, 7) is 2.05. The number of nitrogens with one attached hydrogen (secondary N) is 2. The van der Waals surface area contributed by atoms with E-state index in [-0.39, 0.29) is 12.5 Å². The summed E-state index contributed by atoms with van der Waals surface area (Å²) < 4.78 is 3.56. The van der Waals surface area contributed by atoms with Crippen molar-refractivity contribution in [2.45, 2.75) is 45.2 Å². The van der Waals surface area contributed by atoms with Gasteiger partial charge in [0.25, 0.3) is 0 Å². The van der Waals surface area contributed by atoms with Gasteiger partial charge in [-0.05, 0) is 19.8 Å². The van der Waals surface area contributed by atoms with Crippen LogP contribution >= 0.6 is 0 Å². The molecule has 1 amide bonds.